The average molecular weight is 310 g/mol. The van der Waals surface area contributed by atoms with Crippen LogP contribution in [-0.4, -0.2) is 33.7 Å². The summed E-state index contributed by atoms with van der Waals surface area (Å²) in [5, 5.41) is 3.12. The van der Waals surface area contributed by atoms with E-state index in [4.69, 9.17) is 5.73 Å². The first-order valence-corrected chi connectivity index (χ1v) is 8.97. The molecule has 0 atom stereocenters. The average Bonchev–Trinajstić information content (AvgIpc) is 2.43. The van der Waals surface area contributed by atoms with Crippen molar-refractivity contribution in [2.24, 2.45) is 10.7 Å². The Morgan fingerprint density at radius 2 is 2.10 bits per heavy atom. The Balaban J connectivity index is 1.95. The van der Waals surface area contributed by atoms with Gasteiger partial charge in [0.05, 0.1) is 12.8 Å². The lowest BCUT2D eigenvalue weighted by molar-refractivity contribution is 0.588. The van der Waals surface area contributed by atoms with Gasteiger partial charge in [-0.3, -0.25) is 4.99 Å². The molecule has 0 unspecified atom stereocenters. The Kier molecular flexibility index (Phi) is 5.19. The van der Waals surface area contributed by atoms with Crippen molar-refractivity contribution in [3.8, 4) is 0 Å². The SMILES string of the molecule is CS(=O)(=O)NCCN=C(N)Nc1cccc2c1CCCC2. The molecular formula is C14H22N4O2S. The number of hydrogen-bond acceptors (Lipinski definition) is 3. The molecule has 1 aromatic carbocycles. The van der Waals surface area contributed by atoms with Crippen molar-refractivity contribution in [2.45, 2.75) is 25.7 Å². The topological polar surface area (TPSA) is 96.6 Å². The molecule has 7 heteroatoms. The summed E-state index contributed by atoms with van der Waals surface area (Å²) in [4.78, 5) is 4.13. The smallest absolute Gasteiger partial charge is 0.208 e. The molecule has 116 valence electrons. The number of guanidine groups is 1. The van der Waals surface area contributed by atoms with Crippen LogP contribution in [0.1, 0.15) is 24.0 Å². The van der Waals surface area contributed by atoms with Crippen LogP contribution in [-0.2, 0) is 22.9 Å². The Hall–Kier alpha value is -1.60. The molecule has 0 bridgehead atoms. The van der Waals surface area contributed by atoms with Gasteiger partial charge in [0, 0.05) is 12.2 Å². The second-order valence-corrected chi connectivity index (χ2v) is 7.04. The van der Waals surface area contributed by atoms with Gasteiger partial charge in [0.15, 0.2) is 5.96 Å². The van der Waals surface area contributed by atoms with Crippen molar-refractivity contribution >= 4 is 21.7 Å². The largest absolute Gasteiger partial charge is 0.370 e. The number of nitrogens with two attached hydrogens (primary N) is 1. The van der Waals surface area contributed by atoms with Gasteiger partial charge in [0.25, 0.3) is 0 Å². The van der Waals surface area contributed by atoms with E-state index in [1.807, 2.05) is 12.1 Å². The van der Waals surface area contributed by atoms with Crippen LogP contribution < -0.4 is 15.8 Å². The zero-order valence-corrected chi connectivity index (χ0v) is 13.0. The van der Waals surface area contributed by atoms with Gasteiger partial charge < -0.3 is 11.1 Å². The Labute approximate surface area is 125 Å². The van der Waals surface area contributed by atoms with E-state index in [-0.39, 0.29) is 6.54 Å². The van der Waals surface area contributed by atoms with Gasteiger partial charge in [0.2, 0.25) is 10.0 Å². The minimum atomic E-state index is -3.17. The van der Waals surface area contributed by atoms with Crippen LogP contribution in [0.25, 0.3) is 0 Å². The Bertz CT molecular complexity index is 626. The summed E-state index contributed by atoms with van der Waals surface area (Å²) in [5.41, 5.74) is 9.54. The number of aryl methyl sites for hydroxylation is 1. The number of benzene rings is 1. The maximum Gasteiger partial charge on any atom is 0.208 e. The Morgan fingerprint density at radius 1 is 1.33 bits per heavy atom. The maximum absolute atomic E-state index is 10.9. The molecule has 4 N–H and O–H groups in total. The molecule has 6 nitrogen and oxygen atoms in total. The first-order chi connectivity index (χ1) is 9.96. The van der Waals surface area contributed by atoms with Gasteiger partial charge >= 0.3 is 0 Å². The summed E-state index contributed by atoms with van der Waals surface area (Å²) >= 11 is 0. The lowest BCUT2D eigenvalue weighted by Crippen LogP contribution is -2.28. The molecule has 1 aliphatic carbocycles. The van der Waals surface area contributed by atoms with Crippen LogP contribution in [0.4, 0.5) is 5.69 Å². The number of nitrogens with one attached hydrogen (secondary N) is 2. The molecule has 0 saturated heterocycles. The number of aliphatic imine (C=N–C) groups is 1. The molecule has 1 aromatic rings. The van der Waals surface area contributed by atoms with E-state index < -0.39 is 10.0 Å². The summed E-state index contributed by atoms with van der Waals surface area (Å²) in [5.74, 6) is 0.310. The van der Waals surface area contributed by atoms with Crippen molar-refractivity contribution < 1.29 is 8.42 Å². The minimum Gasteiger partial charge on any atom is -0.370 e. The number of anilines is 1. The van der Waals surface area contributed by atoms with E-state index >= 15 is 0 Å². The summed E-state index contributed by atoms with van der Waals surface area (Å²) in [6.07, 6.45) is 5.72. The van der Waals surface area contributed by atoms with Crippen molar-refractivity contribution in [3.05, 3.63) is 29.3 Å². The molecule has 2 rings (SSSR count). The highest BCUT2D eigenvalue weighted by atomic mass is 32.2. The lowest BCUT2D eigenvalue weighted by Gasteiger charge is -2.19. The van der Waals surface area contributed by atoms with Gasteiger partial charge in [0.1, 0.15) is 0 Å². The van der Waals surface area contributed by atoms with Crippen molar-refractivity contribution in [3.63, 3.8) is 0 Å². The normalized spacial score (nSPS) is 15.6. The van der Waals surface area contributed by atoms with Crippen LogP contribution in [0.5, 0.6) is 0 Å². The molecule has 0 aliphatic heterocycles. The highest BCUT2D eigenvalue weighted by Crippen LogP contribution is 2.27. The monoisotopic (exact) mass is 310 g/mol. The molecule has 0 amide bonds. The molecule has 0 saturated carbocycles. The van der Waals surface area contributed by atoms with E-state index in [9.17, 15) is 8.42 Å². The van der Waals surface area contributed by atoms with Gasteiger partial charge in [-0.05, 0) is 42.9 Å². The first-order valence-electron chi connectivity index (χ1n) is 7.08. The van der Waals surface area contributed by atoms with Gasteiger partial charge in [-0.15, -0.1) is 0 Å². The number of nitrogens with zero attached hydrogens (tertiary/aromatic N) is 1. The third kappa shape index (κ3) is 5.02. The van der Waals surface area contributed by atoms with E-state index in [1.54, 1.807) is 0 Å². The summed E-state index contributed by atoms with van der Waals surface area (Å²) in [6, 6.07) is 6.18. The molecular weight excluding hydrogens is 288 g/mol. The van der Waals surface area contributed by atoms with Gasteiger partial charge in [-0.1, -0.05) is 12.1 Å². The van der Waals surface area contributed by atoms with E-state index in [2.05, 4.69) is 21.1 Å². The van der Waals surface area contributed by atoms with Crippen LogP contribution in [0.2, 0.25) is 0 Å². The maximum atomic E-state index is 10.9. The summed E-state index contributed by atoms with van der Waals surface area (Å²) in [6.45, 7) is 0.551. The van der Waals surface area contributed by atoms with Crippen LogP contribution >= 0.6 is 0 Å². The first kappa shape index (κ1) is 15.8. The molecule has 0 heterocycles. The number of sulfonamides is 1. The number of hydrogen-bond donors (Lipinski definition) is 3. The van der Waals surface area contributed by atoms with Crippen LogP contribution in [0.3, 0.4) is 0 Å². The molecule has 0 spiro atoms. The number of rotatable bonds is 5. The zero-order chi connectivity index (χ0) is 15.3. The minimum absolute atomic E-state index is 0.244. The fourth-order valence-electron chi connectivity index (χ4n) is 2.48. The summed E-state index contributed by atoms with van der Waals surface area (Å²) < 4.78 is 24.2. The lowest BCUT2D eigenvalue weighted by atomic mass is 9.90. The highest BCUT2D eigenvalue weighted by molar-refractivity contribution is 7.88. The third-order valence-corrected chi connectivity index (χ3v) is 4.15. The fraction of sp³-hybridized carbons (Fsp3) is 0.500. The van der Waals surface area contributed by atoms with E-state index in [1.165, 1.54) is 24.0 Å². The molecule has 21 heavy (non-hydrogen) atoms. The van der Waals surface area contributed by atoms with E-state index in [0.29, 0.717) is 12.5 Å². The quantitative estimate of drug-likeness (QED) is 0.426. The predicted molar refractivity (Wildman–Crippen MR) is 86.0 cm³/mol. The van der Waals surface area contributed by atoms with Crippen molar-refractivity contribution in [1.82, 2.24) is 4.72 Å². The van der Waals surface area contributed by atoms with E-state index in [0.717, 1.165) is 24.8 Å². The van der Waals surface area contributed by atoms with Crippen LogP contribution in [0.15, 0.2) is 23.2 Å². The molecule has 0 radical (unpaired) electrons. The Morgan fingerprint density at radius 3 is 2.86 bits per heavy atom. The molecule has 0 aromatic heterocycles. The highest BCUT2D eigenvalue weighted by Gasteiger charge is 2.12. The van der Waals surface area contributed by atoms with Gasteiger partial charge in [-0.2, -0.15) is 0 Å². The van der Waals surface area contributed by atoms with Crippen molar-refractivity contribution in [2.75, 3.05) is 24.7 Å². The molecule has 0 fully saturated rings. The van der Waals surface area contributed by atoms with Gasteiger partial charge in [-0.25, -0.2) is 13.1 Å². The number of fused-ring (bicyclic) bond motifs is 1. The van der Waals surface area contributed by atoms with Crippen molar-refractivity contribution in [1.29, 1.82) is 0 Å². The fourth-order valence-corrected chi connectivity index (χ4v) is 2.95. The second-order valence-electron chi connectivity index (χ2n) is 5.21. The predicted octanol–water partition coefficient (Wildman–Crippen LogP) is 0.841. The van der Waals surface area contributed by atoms with Crippen LogP contribution in [0, 0.1) is 0 Å². The third-order valence-electron chi connectivity index (χ3n) is 3.42. The molecule has 1 aliphatic rings. The zero-order valence-electron chi connectivity index (χ0n) is 12.2. The standard InChI is InChI=1S/C14H22N4O2S/c1-21(19,20)17-10-9-16-14(15)18-13-8-4-6-11-5-2-3-7-12(11)13/h4,6,8,17H,2-3,5,7,9-10H2,1H3,(H3,15,16,18). The second kappa shape index (κ2) is 6.91. The summed E-state index contributed by atoms with van der Waals surface area (Å²) in [7, 11) is -3.17.